The second-order valence-electron chi connectivity index (χ2n) is 8.65. The third-order valence-corrected chi connectivity index (χ3v) is 12.0. The van der Waals surface area contributed by atoms with Gasteiger partial charge in [0.05, 0.1) is 0 Å². The Kier molecular flexibility index (Phi) is 5.33. The number of carbonyl (C=O) groups excluding carboxylic acids is 1. The van der Waals surface area contributed by atoms with Gasteiger partial charge in [-0.2, -0.15) is 0 Å². The van der Waals surface area contributed by atoms with Gasteiger partial charge in [-0.1, -0.05) is 0 Å². The number of nitriles is 1. The van der Waals surface area contributed by atoms with Gasteiger partial charge in [0.2, 0.25) is 0 Å². The van der Waals surface area contributed by atoms with Crippen molar-refractivity contribution in [3.8, 4) is 6.07 Å². The Morgan fingerprint density at radius 3 is 1.88 bits per heavy atom. The number of benzene rings is 4. The minimum atomic E-state index is -2.58. The molecular formula is C29H25N2OP. The molecule has 1 aliphatic rings. The number of rotatable bonds is 4. The van der Waals surface area contributed by atoms with Crippen molar-refractivity contribution in [2.45, 2.75) is 19.5 Å². The van der Waals surface area contributed by atoms with Crippen LogP contribution in [0.3, 0.4) is 0 Å². The number of amides is 1. The van der Waals surface area contributed by atoms with Crippen LogP contribution >= 0.6 is 7.26 Å². The molecule has 5 rings (SSSR count). The second kappa shape index (κ2) is 8.32. The molecule has 1 N–H and O–H groups in total. The van der Waals surface area contributed by atoms with Crippen LogP contribution in [0.4, 0.5) is 5.69 Å². The molecule has 0 saturated heterocycles. The van der Waals surface area contributed by atoms with Crippen LogP contribution in [-0.2, 0) is 4.79 Å². The summed E-state index contributed by atoms with van der Waals surface area (Å²) in [6.45, 7) is 3.88. The molecular weight excluding hydrogens is 423 g/mol. The molecule has 4 aromatic carbocycles. The maximum absolute atomic E-state index is 14.0. The van der Waals surface area contributed by atoms with Gasteiger partial charge in [0.1, 0.15) is 0 Å². The number of carbonyl (C=O) groups is 1. The predicted molar refractivity (Wildman–Crippen MR) is 139 cm³/mol. The summed E-state index contributed by atoms with van der Waals surface area (Å²) in [6, 6.07) is 35.3. The normalized spacial score (nSPS) is 16.6. The Bertz CT molecular complexity index is 1330. The van der Waals surface area contributed by atoms with Crippen LogP contribution in [0.5, 0.6) is 0 Å². The summed E-state index contributed by atoms with van der Waals surface area (Å²) in [5.41, 5.74) is 4.08. The number of aryl methyl sites for hydroxylation is 2. The van der Waals surface area contributed by atoms with E-state index < -0.39 is 7.26 Å². The van der Waals surface area contributed by atoms with Gasteiger partial charge in [-0.05, 0) is 0 Å². The molecule has 4 aromatic rings. The van der Waals surface area contributed by atoms with Crippen molar-refractivity contribution in [3.63, 3.8) is 0 Å². The molecule has 33 heavy (non-hydrogen) atoms. The number of nitrogens with zero attached hydrogens (tertiary/aromatic N) is 1. The summed E-state index contributed by atoms with van der Waals surface area (Å²) in [5.74, 6) is 0.0176. The fourth-order valence-corrected chi connectivity index (χ4v) is 10.8. The zero-order chi connectivity index (χ0) is 23.0. The number of fused-ring (bicyclic) bond motifs is 1. The average molecular weight is 449 g/mol. The van der Waals surface area contributed by atoms with Gasteiger partial charge in [0.25, 0.3) is 0 Å². The standard InChI is InChI=1S/C29H25N2OP/c1-20-17-22(19-30)18-21(2)27(20)31-29(32)28-25-15-9-10-16-26(25)33(28,23-11-5-3-6-12-23)24-13-7-4-8-14-24/h3-18,28,33H,1-2H3,(H,31,32). The summed E-state index contributed by atoms with van der Waals surface area (Å²) in [4.78, 5) is 14.0. The van der Waals surface area contributed by atoms with Crippen LogP contribution in [0, 0.1) is 25.2 Å². The van der Waals surface area contributed by atoms with Crippen molar-refractivity contribution in [1.82, 2.24) is 0 Å². The van der Waals surface area contributed by atoms with Gasteiger partial charge >= 0.3 is 195 Å². The van der Waals surface area contributed by atoms with E-state index in [4.69, 9.17) is 0 Å². The summed E-state index contributed by atoms with van der Waals surface area (Å²) < 4.78 is 0. The molecule has 1 atom stereocenters. The van der Waals surface area contributed by atoms with E-state index in [2.05, 4.69) is 78.1 Å². The summed E-state index contributed by atoms with van der Waals surface area (Å²) in [6.07, 6.45) is 0. The van der Waals surface area contributed by atoms with Gasteiger partial charge in [-0.15, -0.1) is 0 Å². The molecule has 1 amide bonds. The van der Waals surface area contributed by atoms with E-state index >= 15 is 0 Å². The van der Waals surface area contributed by atoms with Crippen molar-refractivity contribution in [1.29, 1.82) is 5.26 Å². The average Bonchev–Trinajstić information content (AvgIpc) is 2.83. The molecule has 0 bridgehead atoms. The number of nitrogens with one attached hydrogen (secondary N) is 1. The zero-order valence-electron chi connectivity index (χ0n) is 18.7. The molecule has 0 aromatic heterocycles. The van der Waals surface area contributed by atoms with Crippen molar-refractivity contribution >= 4 is 34.8 Å². The predicted octanol–water partition coefficient (Wildman–Crippen LogP) is 4.89. The number of hydrogen-bond donors (Lipinski definition) is 1. The first-order valence-electron chi connectivity index (χ1n) is 11.1. The molecule has 1 unspecified atom stereocenters. The van der Waals surface area contributed by atoms with E-state index in [-0.39, 0.29) is 11.6 Å². The second-order valence-corrected chi connectivity index (χ2v) is 12.5. The van der Waals surface area contributed by atoms with Crippen molar-refractivity contribution < 1.29 is 4.79 Å². The molecule has 4 heteroatoms. The zero-order valence-corrected chi connectivity index (χ0v) is 19.7. The van der Waals surface area contributed by atoms with E-state index in [0.717, 1.165) is 22.4 Å². The molecule has 1 heterocycles. The fraction of sp³-hybridized carbons (Fsp3) is 0.103. The number of hydrogen-bond acceptors (Lipinski definition) is 2. The first-order valence-corrected chi connectivity index (χ1v) is 13.2. The SMILES string of the molecule is Cc1cc(C#N)cc(C)c1NC(=O)C1c2ccccc2[PH]1(c1ccccc1)c1ccccc1. The number of anilines is 1. The van der Waals surface area contributed by atoms with Crippen LogP contribution in [0.15, 0.2) is 97.1 Å². The Labute approximate surface area is 195 Å². The molecule has 0 spiro atoms. The summed E-state index contributed by atoms with van der Waals surface area (Å²) >= 11 is 0. The van der Waals surface area contributed by atoms with Crippen molar-refractivity contribution in [2.75, 3.05) is 5.32 Å². The van der Waals surface area contributed by atoms with Crippen LogP contribution in [-0.4, -0.2) is 5.91 Å². The van der Waals surface area contributed by atoms with E-state index in [0.29, 0.717) is 5.56 Å². The molecule has 0 aliphatic carbocycles. The van der Waals surface area contributed by atoms with Gasteiger partial charge in [-0.3, -0.25) is 0 Å². The Balaban J connectivity index is 1.68. The van der Waals surface area contributed by atoms with E-state index in [1.165, 1.54) is 15.9 Å². The molecule has 3 nitrogen and oxygen atoms in total. The van der Waals surface area contributed by atoms with Gasteiger partial charge in [0.15, 0.2) is 0 Å². The van der Waals surface area contributed by atoms with Crippen LogP contribution in [0.1, 0.15) is 27.9 Å². The quantitative estimate of drug-likeness (QED) is 0.452. The van der Waals surface area contributed by atoms with Gasteiger partial charge < -0.3 is 0 Å². The molecule has 0 radical (unpaired) electrons. The van der Waals surface area contributed by atoms with Gasteiger partial charge in [0, 0.05) is 0 Å². The summed E-state index contributed by atoms with van der Waals surface area (Å²) in [7, 11) is -2.58. The van der Waals surface area contributed by atoms with E-state index in [9.17, 15) is 10.1 Å². The Morgan fingerprint density at radius 2 is 1.33 bits per heavy atom. The summed E-state index contributed by atoms with van der Waals surface area (Å²) in [5, 5.41) is 16.3. The first-order chi connectivity index (χ1) is 16.1. The van der Waals surface area contributed by atoms with E-state index in [1.54, 1.807) is 0 Å². The molecule has 162 valence electrons. The third-order valence-electron chi connectivity index (χ3n) is 6.76. The molecule has 0 saturated carbocycles. The van der Waals surface area contributed by atoms with Gasteiger partial charge in [-0.25, -0.2) is 0 Å². The third kappa shape index (κ3) is 3.27. The van der Waals surface area contributed by atoms with Crippen LogP contribution in [0.2, 0.25) is 0 Å². The molecule has 1 aliphatic heterocycles. The van der Waals surface area contributed by atoms with Crippen molar-refractivity contribution in [3.05, 3.63) is 119 Å². The Morgan fingerprint density at radius 1 is 0.818 bits per heavy atom. The van der Waals surface area contributed by atoms with Crippen LogP contribution in [0.25, 0.3) is 0 Å². The fourth-order valence-electron chi connectivity index (χ4n) is 5.39. The monoisotopic (exact) mass is 448 g/mol. The Hall–Kier alpha value is -3.73. The maximum atomic E-state index is 14.0. The topological polar surface area (TPSA) is 52.9 Å². The first kappa shape index (κ1) is 21.1. The van der Waals surface area contributed by atoms with Crippen LogP contribution < -0.4 is 21.2 Å². The van der Waals surface area contributed by atoms with Crippen molar-refractivity contribution in [2.24, 2.45) is 0 Å². The van der Waals surface area contributed by atoms with E-state index in [1.807, 2.05) is 44.2 Å². The minimum absolute atomic E-state index is 0.0176. The molecule has 0 fully saturated rings.